The van der Waals surface area contributed by atoms with Gasteiger partial charge >= 0.3 is 0 Å². The Bertz CT molecular complexity index is 400. The van der Waals surface area contributed by atoms with Crippen molar-refractivity contribution < 1.29 is 9.84 Å². The Hall–Kier alpha value is -0.930. The summed E-state index contributed by atoms with van der Waals surface area (Å²) in [6.45, 7) is 0. The van der Waals surface area contributed by atoms with E-state index in [1.165, 1.54) is 0 Å². The van der Waals surface area contributed by atoms with E-state index in [9.17, 15) is 5.11 Å². The van der Waals surface area contributed by atoms with Crippen LogP contribution in [-0.2, 0) is 5.54 Å². The smallest absolute Gasteiger partial charge is 0.139 e. The number of benzene rings is 1. The van der Waals surface area contributed by atoms with Crippen molar-refractivity contribution in [2.24, 2.45) is 5.73 Å². The molecular formula is C12H16ClNO2. The number of aromatic hydroxyl groups is 1. The molecule has 0 saturated heterocycles. The summed E-state index contributed by atoms with van der Waals surface area (Å²) in [4.78, 5) is 0. The lowest BCUT2D eigenvalue weighted by molar-refractivity contribution is 0.391. The second-order valence-corrected chi connectivity index (χ2v) is 4.78. The van der Waals surface area contributed by atoms with Gasteiger partial charge in [0.15, 0.2) is 0 Å². The molecule has 0 radical (unpaired) electrons. The number of rotatable bonds is 2. The van der Waals surface area contributed by atoms with Crippen molar-refractivity contribution in [1.82, 2.24) is 0 Å². The Morgan fingerprint density at radius 3 is 2.56 bits per heavy atom. The molecule has 1 aliphatic carbocycles. The second-order valence-electron chi connectivity index (χ2n) is 4.37. The molecule has 4 heteroatoms. The molecule has 1 fully saturated rings. The van der Waals surface area contributed by atoms with Crippen molar-refractivity contribution in [3.05, 3.63) is 22.7 Å². The molecule has 0 aliphatic heterocycles. The average Bonchev–Trinajstić information content (AvgIpc) is 2.70. The van der Waals surface area contributed by atoms with E-state index >= 15 is 0 Å². The zero-order valence-electron chi connectivity index (χ0n) is 9.29. The van der Waals surface area contributed by atoms with Crippen molar-refractivity contribution in [3.8, 4) is 11.5 Å². The van der Waals surface area contributed by atoms with Crippen LogP contribution in [0.5, 0.6) is 11.5 Å². The molecule has 1 aliphatic rings. The topological polar surface area (TPSA) is 55.5 Å². The maximum absolute atomic E-state index is 9.98. The molecule has 3 nitrogen and oxygen atoms in total. The predicted octanol–water partition coefficient (Wildman–Crippen LogP) is 2.78. The molecule has 0 amide bonds. The minimum atomic E-state index is -0.456. The quantitative estimate of drug-likeness (QED) is 0.837. The summed E-state index contributed by atoms with van der Waals surface area (Å²) in [6.07, 6.45) is 3.93. The molecule has 1 aromatic carbocycles. The number of ether oxygens (including phenoxy) is 1. The van der Waals surface area contributed by atoms with E-state index in [-0.39, 0.29) is 5.75 Å². The Balaban J connectivity index is 2.50. The third kappa shape index (κ3) is 1.85. The molecule has 16 heavy (non-hydrogen) atoms. The molecule has 2 rings (SSSR count). The van der Waals surface area contributed by atoms with Gasteiger partial charge in [0, 0.05) is 17.2 Å². The van der Waals surface area contributed by atoms with Gasteiger partial charge in [0.25, 0.3) is 0 Å². The highest BCUT2D eigenvalue weighted by Crippen LogP contribution is 2.44. The maximum Gasteiger partial charge on any atom is 0.139 e. The van der Waals surface area contributed by atoms with Crippen LogP contribution in [0.3, 0.4) is 0 Å². The lowest BCUT2D eigenvalue weighted by Gasteiger charge is -2.26. The first-order valence-electron chi connectivity index (χ1n) is 5.43. The van der Waals surface area contributed by atoms with Crippen LogP contribution >= 0.6 is 11.6 Å². The molecule has 0 aromatic heterocycles. The van der Waals surface area contributed by atoms with E-state index in [0.29, 0.717) is 16.3 Å². The lowest BCUT2D eigenvalue weighted by Crippen LogP contribution is -2.33. The molecule has 0 bridgehead atoms. The summed E-state index contributed by atoms with van der Waals surface area (Å²) in [6, 6.07) is 3.38. The summed E-state index contributed by atoms with van der Waals surface area (Å²) >= 11 is 5.95. The maximum atomic E-state index is 9.98. The van der Waals surface area contributed by atoms with Gasteiger partial charge in [0.05, 0.1) is 12.1 Å². The molecule has 0 unspecified atom stereocenters. The third-order valence-electron chi connectivity index (χ3n) is 3.30. The van der Waals surface area contributed by atoms with E-state index in [2.05, 4.69) is 0 Å². The van der Waals surface area contributed by atoms with E-state index in [1.54, 1.807) is 19.2 Å². The van der Waals surface area contributed by atoms with Crippen molar-refractivity contribution in [2.75, 3.05) is 7.11 Å². The predicted molar refractivity (Wildman–Crippen MR) is 64.0 cm³/mol. The van der Waals surface area contributed by atoms with Crippen LogP contribution in [0.25, 0.3) is 0 Å². The van der Waals surface area contributed by atoms with E-state index in [1.807, 2.05) is 0 Å². The van der Waals surface area contributed by atoms with Crippen LogP contribution in [0, 0.1) is 0 Å². The van der Waals surface area contributed by atoms with Crippen LogP contribution in [0.2, 0.25) is 5.02 Å². The summed E-state index contributed by atoms with van der Waals surface area (Å²) in [5.74, 6) is 0.724. The zero-order chi connectivity index (χ0) is 11.8. The molecule has 0 heterocycles. The number of phenolic OH excluding ortho intramolecular Hbond substituents is 1. The van der Waals surface area contributed by atoms with Crippen LogP contribution in [-0.4, -0.2) is 12.2 Å². The van der Waals surface area contributed by atoms with E-state index in [4.69, 9.17) is 22.1 Å². The fourth-order valence-corrected chi connectivity index (χ4v) is 2.56. The highest BCUT2D eigenvalue weighted by Gasteiger charge is 2.34. The first-order chi connectivity index (χ1) is 7.57. The normalized spacial score (nSPS) is 18.7. The molecule has 1 aromatic rings. The van der Waals surface area contributed by atoms with Gasteiger partial charge < -0.3 is 15.6 Å². The van der Waals surface area contributed by atoms with Crippen LogP contribution in [0.15, 0.2) is 12.1 Å². The number of methoxy groups -OCH3 is 1. The average molecular weight is 242 g/mol. The van der Waals surface area contributed by atoms with Gasteiger partial charge in [-0.05, 0) is 18.9 Å². The SMILES string of the molecule is COc1cc(Cl)c(O)c(C2(N)CCCC2)c1. The zero-order valence-corrected chi connectivity index (χ0v) is 10.0. The van der Waals surface area contributed by atoms with Crippen molar-refractivity contribution in [2.45, 2.75) is 31.2 Å². The molecule has 88 valence electrons. The summed E-state index contributed by atoms with van der Waals surface area (Å²) in [7, 11) is 1.57. The van der Waals surface area contributed by atoms with Gasteiger partial charge in [-0.1, -0.05) is 24.4 Å². The molecular weight excluding hydrogens is 226 g/mol. The largest absolute Gasteiger partial charge is 0.506 e. The Morgan fingerprint density at radius 2 is 2.00 bits per heavy atom. The lowest BCUT2D eigenvalue weighted by atomic mass is 9.88. The summed E-state index contributed by atoms with van der Waals surface area (Å²) in [5, 5.41) is 10.3. The standard InChI is InChI=1S/C12H16ClNO2/c1-16-8-6-9(11(15)10(13)7-8)12(14)4-2-3-5-12/h6-7,15H,2-5,14H2,1H3. The summed E-state index contributed by atoms with van der Waals surface area (Å²) in [5.41, 5.74) is 6.55. The number of hydrogen-bond acceptors (Lipinski definition) is 3. The van der Waals surface area contributed by atoms with Gasteiger partial charge in [-0.3, -0.25) is 0 Å². The van der Waals surface area contributed by atoms with Gasteiger partial charge in [-0.25, -0.2) is 0 Å². The minimum absolute atomic E-state index is 0.0897. The monoisotopic (exact) mass is 241 g/mol. The Morgan fingerprint density at radius 1 is 1.38 bits per heavy atom. The van der Waals surface area contributed by atoms with E-state index in [0.717, 1.165) is 25.7 Å². The number of hydrogen-bond donors (Lipinski definition) is 2. The van der Waals surface area contributed by atoms with Crippen LogP contribution < -0.4 is 10.5 Å². The van der Waals surface area contributed by atoms with Gasteiger partial charge in [0.1, 0.15) is 11.5 Å². The third-order valence-corrected chi connectivity index (χ3v) is 3.59. The highest BCUT2D eigenvalue weighted by molar-refractivity contribution is 6.32. The number of nitrogens with two attached hydrogens (primary N) is 1. The van der Waals surface area contributed by atoms with Crippen molar-refractivity contribution in [3.63, 3.8) is 0 Å². The molecule has 0 spiro atoms. The molecule has 3 N–H and O–H groups in total. The fourth-order valence-electron chi connectivity index (χ4n) is 2.35. The molecule has 0 atom stereocenters. The highest BCUT2D eigenvalue weighted by atomic mass is 35.5. The van der Waals surface area contributed by atoms with E-state index < -0.39 is 5.54 Å². The van der Waals surface area contributed by atoms with Crippen LogP contribution in [0.4, 0.5) is 0 Å². The number of phenols is 1. The minimum Gasteiger partial charge on any atom is -0.506 e. The van der Waals surface area contributed by atoms with Crippen molar-refractivity contribution >= 4 is 11.6 Å². The summed E-state index contributed by atoms with van der Waals surface area (Å²) < 4.78 is 5.14. The Labute approximate surface area is 100 Å². The van der Waals surface area contributed by atoms with Gasteiger partial charge in [-0.15, -0.1) is 0 Å². The van der Waals surface area contributed by atoms with Crippen LogP contribution in [0.1, 0.15) is 31.2 Å². The van der Waals surface area contributed by atoms with Gasteiger partial charge in [-0.2, -0.15) is 0 Å². The fraction of sp³-hybridized carbons (Fsp3) is 0.500. The molecule has 1 saturated carbocycles. The van der Waals surface area contributed by atoms with Gasteiger partial charge in [0.2, 0.25) is 0 Å². The second kappa shape index (κ2) is 4.15. The Kier molecular flexibility index (Phi) is 3.00. The number of halogens is 1. The first kappa shape index (κ1) is 11.6. The van der Waals surface area contributed by atoms with Crippen molar-refractivity contribution in [1.29, 1.82) is 0 Å². The first-order valence-corrected chi connectivity index (χ1v) is 5.80.